The number of nitrogens with one attached hydrogen (secondary N) is 1. The van der Waals surface area contributed by atoms with E-state index < -0.39 is 0 Å². The molecule has 120 valence electrons. The molecular formula is C17H19N3O3. The molecule has 1 amide bonds. The highest BCUT2D eigenvalue weighted by Gasteiger charge is 2.31. The van der Waals surface area contributed by atoms with Crippen LogP contribution < -0.4 is 5.56 Å². The second kappa shape index (κ2) is 6.75. The number of nitrogens with zero attached hydrogens (tertiary/aromatic N) is 2. The first kappa shape index (κ1) is 15.4. The zero-order valence-corrected chi connectivity index (χ0v) is 12.9. The number of aromatic nitrogens is 2. The van der Waals surface area contributed by atoms with Gasteiger partial charge in [0.15, 0.2) is 0 Å². The van der Waals surface area contributed by atoms with Crippen molar-refractivity contribution in [2.45, 2.75) is 25.5 Å². The summed E-state index contributed by atoms with van der Waals surface area (Å²) in [7, 11) is 0. The van der Waals surface area contributed by atoms with Gasteiger partial charge in [0.25, 0.3) is 11.5 Å². The molecule has 1 N–H and O–H groups in total. The van der Waals surface area contributed by atoms with Gasteiger partial charge >= 0.3 is 0 Å². The lowest BCUT2D eigenvalue weighted by Gasteiger charge is -2.38. The highest BCUT2D eigenvalue weighted by atomic mass is 16.5. The van der Waals surface area contributed by atoms with Crippen molar-refractivity contribution in [3.05, 3.63) is 64.1 Å². The van der Waals surface area contributed by atoms with Crippen molar-refractivity contribution in [2.24, 2.45) is 0 Å². The van der Waals surface area contributed by atoms with Crippen LogP contribution in [0.4, 0.5) is 0 Å². The second-order valence-electron chi connectivity index (χ2n) is 5.76. The Hall–Kier alpha value is -2.47. The Morgan fingerprint density at radius 3 is 2.78 bits per heavy atom. The molecule has 1 aromatic heterocycles. The summed E-state index contributed by atoms with van der Waals surface area (Å²) in [6, 6.07) is 12.8. The first-order valence-corrected chi connectivity index (χ1v) is 7.65. The zero-order valence-electron chi connectivity index (χ0n) is 12.9. The van der Waals surface area contributed by atoms with Crippen molar-refractivity contribution in [3.63, 3.8) is 0 Å². The number of H-pyrrole nitrogens is 1. The third-order valence-corrected chi connectivity index (χ3v) is 3.97. The van der Waals surface area contributed by atoms with E-state index in [1.54, 1.807) is 4.90 Å². The molecule has 6 nitrogen and oxygen atoms in total. The van der Waals surface area contributed by atoms with E-state index in [1.165, 1.54) is 17.7 Å². The molecule has 1 fully saturated rings. The fraction of sp³-hybridized carbons (Fsp3) is 0.353. The van der Waals surface area contributed by atoms with Crippen molar-refractivity contribution in [1.82, 2.24) is 15.1 Å². The van der Waals surface area contributed by atoms with E-state index in [1.807, 2.05) is 25.1 Å². The van der Waals surface area contributed by atoms with E-state index in [0.717, 1.165) is 6.42 Å². The number of carbonyl (C=O) groups excluding carboxylic acids is 1. The Labute approximate surface area is 134 Å². The molecule has 1 aliphatic rings. The molecule has 0 spiro atoms. The van der Waals surface area contributed by atoms with Crippen LogP contribution in [0.2, 0.25) is 0 Å². The van der Waals surface area contributed by atoms with E-state index in [2.05, 4.69) is 22.3 Å². The van der Waals surface area contributed by atoms with Gasteiger partial charge in [-0.15, -0.1) is 0 Å². The molecule has 1 saturated heterocycles. The maximum Gasteiger partial charge on any atom is 0.274 e. The fourth-order valence-corrected chi connectivity index (χ4v) is 2.71. The molecule has 0 radical (unpaired) electrons. The van der Waals surface area contributed by atoms with Gasteiger partial charge in [0.2, 0.25) is 0 Å². The molecule has 23 heavy (non-hydrogen) atoms. The van der Waals surface area contributed by atoms with Gasteiger partial charge in [-0.25, -0.2) is 5.10 Å². The Morgan fingerprint density at radius 1 is 1.30 bits per heavy atom. The average Bonchev–Trinajstić information content (AvgIpc) is 2.58. The van der Waals surface area contributed by atoms with E-state index in [-0.39, 0.29) is 29.3 Å². The molecule has 3 rings (SSSR count). The zero-order chi connectivity index (χ0) is 16.2. The fourth-order valence-electron chi connectivity index (χ4n) is 2.71. The molecule has 2 heterocycles. The number of morpholine rings is 1. The lowest BCUT2D eigenvalue weighted by Crippen LogP contribution is -2.51. The van der Waals surface area contributed by atoms with Crippen LogP contribution in [0, 0.1) is 0 Å². The normalized spacial score (nSPS) is 21.2. The molecule has 2 atom stereocenters. The lowest BCUT2D eigenvalue weighted by molar-refractivity contribution is -0.0466. The van der Waals surface area contributed by atoms with E-state index in [4.69, 9.17) is 4.74 Å². The van der Waals surface area contributed by atoms with Gasteiger partial charge in [0.05, 0.1) is 18.8 Å². The molecule has 1 aliphatic heterocycles. The number of aromatic amines is 1. The number of hydrogen-bond donors (Lipinski definition) is 1. The highest BCUT2D eigenvalue weighted by molar-refractivity contribution is 5.92. The first-order valence-electron chi connectivity index (χ1n) is 7.65. The summed E-state index contributed by atoms with van der Waals surface area (Å²) >= 11 is 0. The standard InChI is InChI=1S/C17H19N3O3/c1-12-11-23-14(9-13-5-3-2-4-6-13)10-20(12)17(22)15-7-8-16(21)19-18-15/h2-8,12,14H,9-11H2,1H3,(H,19,21). The maximum atomic E-state index is 12.6. The Balaban J connectivity index is 1.71. The van der Waals surface area contributed by atoms with Crippen LogP contribution in [0.15, 0.2) is 47.3 Å². The molecule has 0 aliphatic carbocycles. The van der Waals surface area contributed by atoms with Gasteiger partial charge in [-0.3, -0.25) is 9.59 Å². The monoisotopic (exact) mass is 313 g/mol. The summed E-state index contributed by atoms with van der Waals surface area (Å²) in [5.41, 5.74) is 1.11. The van der Waals surface area contributed by atoms with E-state index in [9.17, 15) is 9.59 Å². The predicted octanol–water partition coefficient (Wildman–Crippen LogP) is 1.24. The minimum atomic E-state index is -0.321. The quantitative estimate of drug-likeness (QED) is 0.925. The third kappa shape index (κ3) is 3.65. The third-order valence-electron chi connectivity index (χ3n) is 3.97. The van der Waals surface area contributed by atoms with Crippen LogP contribution in [-0.4, -0.2) is 46.3 Å². The molecule has 1 aromatic carbocycles. The summed E-state index contributed by atoms with van der Waals surface area (Å²) in [5.74, 6) is -0.185. The molecule has 0 saturated carbocycles. The predicted molar refractivity (Wildman–Crippen MR) is 85.2 cm³/mol. The smallest absolute Gasteiger partial charge is 0.274 e. The molecule has 6 heteroatoms. The van der Waals surface area contributed by atoms with Crippen molar-refractivity contribution < 1.29 is 9.53 Å². The molecular weight excluding hydrogens is 294 g/mol. The largest absolute Gasteiger partial charge is 0.374 e. The minimum Gasteiger partial charge on any atom is -0.374 e. The van der Waals surface area contributed by atoms with Crippen LogP contribution in [0.5, 0.6) is 0 Å². The van der Waals surface area contributed by atoms with Gasteiger partial charge in [-0.2, -0.15) is 5.10 Å². The van der Waals surface area contributed by atoms with Crippen molar-refractivity contribution in [1.29, 1.82) is 0 Å². The van der Waals surface area contributed by atoms with Crippen molar-refractivity contribution in [2.75, 3.05) is 13.2 Å². The van der Waals surface area contributed by atoms with Gasteiger partial charge < -0.3 is 9.64 Å². The highest BCUT2D eigenvalue weighted by Crippen LogP contribution is 2.17. The van der Waals surface area contributed by atoms with Crippen molar-refractivity contribution >= 4 is 5.91 Å². The van der Waals surface area contributed by atoms with E-state index in [0.29, 0.717) is 13.2 Å². The lowest BCUT2D eigenvalue weighted by atomic mass is 10.0. The molecule has 2 aromatic rings. The number of carbonyl (C=O) groups is 1. The minimum absolute atomic E-state index is 0.0248. The second-order valence-corrected chi connectivity index (χ2v) is 5.76. The SMILES string of the molecule is CC1COC(Cc2ccccc2)CN1C(=O)c1ccc(=O)[nH]n1. The van der Waals surface area contributed by atoms with E-state index >= 15 is 0 Å². The number of ether oxygens (including phenoxy) is 1. The van der Waals surface area contributed by atoms with Gasteiger partial charge in [0, 0.05) is 19.0 Å². The number of rotatable bonds is 3. The Kier molecular flexibility index (Phi) is 4.52. The van der Waals surface area contributed by atoms with Crippen LogP contribution in [0.1, 0.15) is 23.0 Å². The number of benzene rings is 1. The number of amides is 1. The topological polar surface area (TPSA) is 75.3 Å². The Morgan fingerprint density at radius 2 is 2.09 bits per heavy atom. The summed E-state index contributed by atoms with van der Waals surface area (Å²) < 4.78 is 5.86. The Bertz CT molecular complexity index is 709. The van der Waals surface area contributed by atoms with Crippen LogP contribution in [0.3, 0.4) is 0 Å². The van der Waals surface area contributed by atoms with Gasteiger partial charge in [-0.05, 0) is 18.6 Å². The van der Waals surface area contributed by atoms with Gasteiger partial charge in [0.1, 0.15) is 5.69 Å². The van der Waals surface area contributed by atoms with Crippen LogP contribution in [-0.2, 0) is 11.2 Å². The molecule has 0 bridgehead atoms. The maximum absolute atomic E-state index is 12.6. The summed E-state index contributed by atoms with van der Waals surface area (Å²) in [5, 5.41) is 6.13. The first-order chi connectivity index (χ1) is 11.1. The van der Waals surface area contributed by atoms with Crippen molar-refractivity contribution in [3.8, 4) is 0 Å². The average molecular weight is 313 g/mol. The van der Waals surface area contributed by atoms with Crippen LogP contribution >= 0.6 is 0 Å². The molecule has 2 unspecified atom stereocenters. The summed E-state index contributed by atoms with van der Waals surface area (Å²) in [4.78, 5) is 25.4. The summed E-state index contributed by atoms with van der Waals surface area (Å²) in [6.45, 7) is 2.95. The van der Waals surface area contributed by atoms with Crippen LogP contribution in [0.25, 0.3) is 0 Å². The van der Waals surface area contributed by atoms with Gasteiger partial charge in [-0.1, -0.05) is 30.3 Å². The number of hydrogen-bond acceptors (Lipinski definition) is 4. The summed E-state index contributed by atoms with van der Waals surface area (Å²) in [6.07, 6.45) is 0.719.